The summed E-state index contributed by atoms with van der Waals surface area (Å²) in [5, 5.41) is 5.60. The van der Waals surface area contributed by atoms with Crippen LogP contribution >= 0.6 is 0 Å². The van der Waals surface area contributed by atoms with Gasteiger partial charge in [-0.2, -0.15) is 0 Å². The van der Waals surface area contributed by atoms with Crippen LogP contribution in [0.4, 0.5) is 16.3 Å². The summed E-state index contributed by atoms with van der Waals surface area (Å²) in [6.45, 7) is 7.25. The summed E-state index contributed by atoms with van der Waals surface area (Å²) >= 11 is 0. The zero-order valence-electron chi connectivity index (χ0n) is 23.3. The molecule has 0 atom stereocenters. The molecule has 4 N–H and O–H groups in total. The molecule has 2 amide bonds. The monoisotopic (exact) mass is 549 g/mol. The number of anilines is 2. The predicted molar refractivity (Wildman–Crippen MR) is 159 cm³/mol. The lowest BCUT2D eigenvalue weighted by atomic mass is 10.1. The van der Waals surface area contributed by atoms with Gasteiger partial charge in [-0.1, -0.05) is 24.3 Å². The molecule has 0 fully saturated rings. The number of alkyl carbamates (subject to hydrolysis) is 1. The number of hydrogen-bond donors (Lipinski definition) is 3. The number of benzene rings is 2. The third kappa shape index (κ3) is 6.33. The molecule has 3 heterocycles. The summed E-state index contributed by atoms with van der Waals surface area (Å²) in [4.78, 5) is 37.8. The second kappa shape index (κ2) is 11.1. The SMILES string of the molecule is CC(=O)Nc1cccc(-c2ccc3nc(-c4cccnc4N)n(-c4ccc(CNC(=O)OC(C)(C)C)cc4)c3n2)c1. The first-order chi connectivity index (χ1) is 19.6. The number of hydrogen-bond acceptors (Lipinski definition) is 7. The molecular weight excluding hydrogens is 518 g/mol. The van der Waals surface area contributed by atoms with Crippen LogP contribution in [0.5, 0.6) is 0 Å². The maximum atomic E-state index is 12.1. The Kier molecular flexibility index (Phi) is 7.39. The predicted octanol–water partition coefficient (Wildman–Crippen LogP) is 5.71. The average molecular weight is 550 g/mol. The van der Waals surface area contributed by atoms with Gasteiger partial charge in [0.1, 0.15) is 16.9 Å². The fraction of sp³-hybridized carbons (Fsp3) is 0.194. The molecule has 0 saturated heterocycles. The van der Waals surface area contributed by atoms with E-state index in [4.69, 9.17) is 20.4 Å². The van der Waals surface area contributed by atoms with Gasteiger partial charge < -0.3 is 21.1 Å². The van der Waals surface area contributed by atoms with E-state index < -0.39 is 11.7 Å². The van der Waals surface area contributed by atoms with Crippen molar-refractivity contribution in [2.24, 2.45) is 0 Å². The Labute approximate surface area is 237 Å². The van der Waals surface area contributed by atoms with E-state index in [9.17, 15) is 9.59 Å². The summed E-state index contributed by atoms with van der Waals surface area (Å²) < 4.78 is 7.27. The number of carbonyl (C=O) groups is 2. The van der Waals surface area contributed by atoms with Crippen LogP contribution < -0.4 is 16.4 Å². The topological polar surface area (TPSA) is 137 Å². The Morgan fingerprint density at radius 3 is 2.46 bits per heavy atom. The van der Waals surface area contributed by atoms with Gasteiger partial charge in [-0.05, 0) is 74.9 Å². The van der Waals surface area contributed by atoms with Crippen LogP contribution in [-0.2, 0) is 16.1 Å². The van der Waals surface area contributed by atoms with E-state index in [1.807, 2.05) is 98.1 Å². The maximum Gasteiger partial charge on any atom is 0.407 e. The quantitative estimate of drug-likeness (QED) is 0.246. The van der Waals surface area contributed by atoms with Crippen LogP contribution in [-0.4, -0.2) is 37.1 Å². The van der Waals surface area contributed by atoms with Gasteiger partial charge in [-0.15, -0.1) is 0 Å². The third-order valence-electron chi connectivity index (χ3n) is 6.09. The Hall–Kier alpha value is -5.25. The molecule has 2 aromatic carbocycles. The Morgan fingerprint density at radius 2 is 1.76 bits per heavy atom. The molecule has 5 rings (SSSR count). The molecule has 41 heavy (non-hydrogen) atoms. The molecule has 0 spiro atoms. The van der Waals surface area contributed by atoms with Crippen molar-refractivity contribution in [1.82, 2.24) is 24.8 Å². The van der Waals surface area contributed by atoms with Crippen molar-refractivity contribution in [3.63, 3.8) is 0 Å². The van der Waals surface area contributed by atoms with Crippen molar-refractivity contribution in [2.45, 2.75) is 39.8 Å². The number of nitrogens with zero attached hydrogens (tertiary/aromatic N) is 4. The van der Waals surface area contributed by atoms with Gasteiger partial charge in [0.05, 0.1) is 11.3 Å². The van der Waals surface area contributed by atoms with Gasteiger partial charge >= 0.3 is 6.09 Å². The molecule has 0 aliphatic rings. The zero-order chi connectivity index (χ0) is 29.1. The van der Waals surface area contributed by atoms with Gasteiger partial charge in [0.15, 0.2) is 11.5 Å². The number of nitrogens with one attached hydrogen (secondary N) is 2. The molecule has 0 aliphatic carbocycles. The van der Waals surface area contributed by atoms with Gasteiger partial charge in [0, 0.05) is 36.6 Å². The van der Waals surface area contributed by atoms with Crippen molar-refractivity contribution < 1.29 is 14.3 Å². The Morgan fingerprint density at radius 1 is 0.976 bits per heavy atom. The van der Waals surface area contributed by atoms with E-state index in [0.717, 1.165) is 22.5 Å². The lowest BCUT2D eigenvalue weighted by Gasteiger charge is -2.19. The molecule has 0 unspecified atom stereocenters. The van der Waals surface area contributed by atoms with Crippen molar-refractivity contribution in [2.75, 3.05) is 11.1 Å². The Bertz CT molecular complexity index is 1740. The number of rotatable bonds is 6. The zero-order valence-corrected chi connectivity index (χ0v) is 23.3. The minimum absolute atomic E-state index is 0.146. The summed E-state index contributed by atoms with van der Waals surface area (Å²) in [7, 11) is 0. The smallest absolute Gasteiger partial charge is 0.407 e. The fourth-order valence-electron chi connectivity index (χ4n) is 4.36. The van der Waals surface area contributed by atoms with Crippen LogP contribution in [0, 0.1) is 0 Å². The Balaban J connectivity index is 1.56. The van der Waals surface area contributed by atoms with Gasteiger partial charge in [-0.25, -0.2) is 19.7 Å². The number of ether oxygens (including phenoxy) is 1. The van der Waals surface area contributed by atoms with E-state index in [1.165, 1.54) is 6.92 Å². The van der Waals surface area contributed by atoms with Crippen LogP contribution in [0.25, 0.3) is 39.5 Å². The molecule has 10 nitrogen and oxygen atoms in total. The van der Waals surface area contributed by atoms with Gasteiger partial charge in [0.2, 0.25) is 5.91 Å². The highest BCUT2D eigenvalue weighted by atomic mass is 16.6. The molecule has 3 aromatic heterocycles. The molecule has 10 heteroatoms. The van der Waals surface area contributed by atoms with E-state index in [1.54, 1.807) is 6.20 Å². The number of aromatic nitrogens is 4. The van der Waals surface area contributed by atoms with Crippen LogP contribution in [0.2, 0.25) is 0 Å². The second-order valence-electron chi connectivity index (χ2n) is 10.5. The molecule has 5 aromatic rings. The van der Waals surface area contributed by atoms with Crippen LogP contribution in [0.1, 0.15) is 33.3 Å². The molecule has 0 saturated carbocycles. The minimum atomic E-state index is -0.571. The fourth-order valence-corrected chi connectivity index (χ4v) is 4.36. The highest BCUT2D eigenvalue weighted by Crippen LogP contribution is 2.32. The number of nitrogens with two attached hydrogens (primary N) is 1. The molecule has 0 bridgehead atoms. The molecule has 208 valence electrons. The standard InChI is InChI=1S/C31H31N7O3/c1-19(39)35-22-8-5-7-21(17-22)25-14-15-26-29(36-25)38(28(37-26)24-9-6-16-33-27(24)32)23-12-10-20(11-13-23)18-34-30(40)41-31(2,3)4/h5-17H,18H2,1-4H3,(H2,32,33)(H,34,40)(H,35,39). The number of amides is 2. The summed E-state index contributed by atoms with van der Waals surface area (Å²) in [6, 6.07) is 22.7. The van der Waals surface area contributed by atoms with Crippen molar-refractivity contribution in [3.05, 3.63) is 84.6 Å². The number of fused-ring (bicyclic) bond motifs is 1. The summed E-state index contributed by atoms with van der Waals surface area (Å²) in [5.74, 6) is 0.805. The van der Waals surface area contributed by atoms with Crippen molar-refractivity contribution in [1.29, 1.82) is 0 Å². The summed E-state index contributed by atoms with van der Waals surface area (Å²) in [6.07, 6.45) is 1.16. The highest BCUT2D eigenvalue weighted by molar-refractivity contribution is 5.90. The first kappa shape index (κ1) is 27.3. The largest absolute Gasteiger partial charge is 0.444 e. The van der Waals surface area contributed by atoms with E-state index in [0.29, 0.717) is 40.6 Å². The number of pyridine rings is 2. The first-order valence-corrected chi connectivity index (χ1v) is 13.1. The van der Waals surface area contributed by atoms with Gasteiger partial charge in [-0.3, -0.25) is 9.36 Å². The number of imidazole rings is 1. The van der Waals surface area contributed by atoms with Gasteiger partial charge in [0.25, 0.3) is 0 Å². The van der Waals surface area contributed by atoms with E-state index in [-0.39, 0.29) is 5.91 Å². The lowest BCUT2D eigenvalue weighted by molar-refractivity contribution is -0.114. The lowest BCUT2D eigenvalue weighted by Crippen LogP contribution is -2.32. The molecule has 0 radical (unpaired) electrons. The normalized spacial score (nSPS) is 11.3. The van der Waals surface area contributed by atoms with Crippen molar-refractivity contribution in [3.8, 4) is 28.3 Å². The van der Waals surface area contributed by atoms with Crippen LogP contribution in [0.15, 0.2) is 79.0 Å². The number of nitrogen functional groups attached to an aromatic ring is 1. The van der Waals surface area contributed by atoms with E-state index in [2.05, 4.69) is 15.6 Å². The third-order valence-corrected chi connectivity index (χ3v) is 6.09. The average Bonchev–Trinajstić information content (AvgIpc) is 3.30. The van der Waals surface area contributed by atoms with Crippen LogP contribution in [0.3, 0.4) is 0 Å². The second-order valence-corrected chi connectivity index (χ2v) is 10.5. The summed E-state index contributed by atoms with van der Waals surface area (Å²) in [5.41, 5.74) is 11.6. The molecule has 0 aliphatic heterocycles. The molecular formula is C31H31N7O3. The highest BCUT2D eigenvalue weighted by Gasteiger charge is 2.19. The first-order valence-electron chi connectivity index (χ1n) is 13.1. The minimum Gasteiger partial charge on any atom is -0.444 e. The number of carbonyl (C=O) groups excluding carboxylic acids is 2. The van der Waals surface area contributed by atoms with Crippen molar-refractivity contribution >= 4 is 34.7 Å². The van der Waals surface area contributed by atoms with E-state index >= 15 is 0 Å². The maximum absolute atomic E-state index is 12.1.